The molecule has 0 bridgehead atoms. The minimum atomic E-state index is -0.787. The molecule has 0 spiro atoms. The van der Waals surface area contributed by atoms with Crippen molar-refractivity contribution in [3.8, 4) is 0 Å². The summed E-state index contributed by atoms with van der Waals surface area (Å²) in [7, 11) is -0.787. The van der Waals surface area contributed by atoms with E-state index in [0.29, 0.717) is 18.7 Å². The van der Waals surface area contributed by atoms with Gasteiger partial charge in [0.05, 0.1) is 5.54 Å². The van der Waals surface area contributed by atoms with Crippen molar-refractivity contribution < 1.29 is 9.00 Å². The first-order chi connectivity index (χ1) is 6.90. The molecule has 0 heterocycles. The van der Waals surface area contributed by atoms with Crippen LogP contribution in [-0.2, 0) is 15.6 Å². The highest BCUT2D eigenvalue weighted by atomic mass is 32.2. The van der Waals surface area contributed by atoms with Gasteiger partial charge in [-0.1, -0.05) is 13.3 Å². The number of nitrogens with two attached hydrogens (primary N) is 1. The van der Waals surface area contributed by atoms with Crippen molar-refractivity contribution in [3.63, 3.8) is 0 Å². The smallest absolute Gasteiger partial charge is 0.239 e. The molecular weight excluding hydrogens is 212 g/mol. The van der Waals surface area contributed by atoms with Gasteiger partial charge in [-0.05, 0) is 19.8 Å². The van der Waals surface area contributed by atoms with Gasteiger partial charge in [-0.25, -0.2) is 0 Å². The zero-order valence-electron chi connectivity index (χ0n) is 9.84. The molecule has 90 valence electrons. The quantitative estimate of drug-likeness (QED) is 0.626. The highest BCUT2D eigenvalue weighted by Crippen LogP contribution is 2.07. The summed E-state index contributed by atoms with van der Waals surface area (Å²) < 4.78 is 10.8. The molecule has 0 fully saturated rings. The predicted molar refractivity (Wildman–Crippen MR) is 64.1 cm³/mol. The number of carbonyl (C=O) groups excluding carboxylic acids is 1. The average Bonchev–Trinajstić information content (AvgIpc) is 2.11. The number of amides is 1. The molecule has 0 aromatic heterocycles. The van der Waals surface area contributed by atoms with E-state index in [1.54, 1.807) is 13.2 Å². The molecule has 0 aromatic rings. The lowest BCUT2D eigenvalue weighted by atomic mass is 9.96. The summed E-state index contributed by atoms with van der Waals surface area (Å²) >= 11 is 0. The van der Waals surface area contributed by atoms with Crippen LogP contribution in [0.3, 0.4) is 0 Å². The Bertz CT molecular complexity index is 229. The molecule has 2 unspecified atom stereocenters. The minimum absolute atomic E-state index is 0.119. The van der Waals surface area contributed by atoms with Gasteiger partial charge >= 0.3 is 0 Å². The second-order valence-corrected chi connectivity index (χ2v) is 5.61. The molecule has 0 rings (SSSR count). The van der Waals surface area contributed by atoms with Crippen LogP contribution in [0.2, 0.25) is 0 Å². The highest BCUT2D eigenvalue weighted by Gasteiger charge is 2.26. The van der Waals surface area contributed by atoms with Crippen molar-refractivity contribution >= 4 is 16.7 Å². The van der Waals surface area contributed by atoms with Crippen molar-refractivity contribution in [1.29, 1.82) is 0 Å². The lowest BCUT2D eigenvalue weighted by Gasteiger charge is -2.22. The van der Waals surface area contributed by atoms with Crippen LogP contribution in [-0.4, -0.2) is 34.2 Å². The molecule has 0 saturated heterocycles. The summed E-state index contributed by atoms with van der Waals surface area (Å²) in [5, 5.41) is 2.76. The Hall–Kier alpha value is -0.420. The fraction of sp³-hybridized carbons (Fsp3) is 0.900. The second-order valence-electron chi connectivity index (χ2n) is 4.05. The van der Waals surface area contributed by atoms with Crippen molar-refractivity contribution in [2.24, 2.45) is 5.73 Å². The van der Waals surface area contributed by atoms with Gasteiger partial charge in [0.2, 0.25) is 5.91 Å². The van der Waals surface area contributed by atoms with E-state index in [2.05, 4.69) is 5.32 Å². The standard InChI is InChI=1S/C10H22N2O2S/c1-4-6-10(2,11)9(13)12-7-5-8-15(3)14/h4-8,11H2,1-3H3,(H,12,13). The van der Waals surface area contributed by atoms with E-state index in [0.717, 1.165) is 12.8 Å². The van der Waals surface area contributed by atoms with Crippen molar-refractivity contribution in [2.75, 3.05) is 18.6 Å². The summed E-state index contributed by atoms with van der Waals surface area (Å²) in [6, 6.07) is 0. The Labute approximate surface area is 94.4 Å². The molecule has 0 aliphatic heterocycles. The SMILES string of the molecule is CCCC(C)(N)C(=O)NCCCS(C)=O. The van der Waals surface area contributed by atoms with E-state index >= 15 is 0 Å². The van der Waals surface area contributed by atoms with Crippen LogP contribution in [0.25, 0.3) is 0 Å². The third kappa shape index (κ3) is 6.62. The Kier molecular flexibility index (Phi) is 6.76. The van der Waals surface area contributed by atoms with Crippen LogP contribution >= 0.6 is 0 Å². The molecule has 0 aliphatic rings. The highest BCUT2D eigenvalue weighted by molar-refractivity contribution is 7.84. The van der Waals surface area contributed by atoms with Crippen LogP contribution in [0.5, 0.6) is 0 Å². The van der Waals surface area contributed by atoms with Gasteiger partial charge in [0.15, 0.2) is 0 Å². The van der Waals surface area contributed by atoms with Crippen LogP contribution in [0, 0.1) is 0 Å². The van der Waals surface area contributed by atoms with E-state index in [-0.39, 0.29) is 5.91 Å². The van der Waals surface area contributed by atoms with Gasteiger partial charge in [-0.15, -0.1) is 0 Å². The summed E-state index contributed by atoms with van der Waals surface area (Å²) in [5.74, 6) is 0.501. The van der Waals surface area contributed by atoms with Crippen molar-refractivity contribution in [2.45, 2.75) is 38.6 Å². The zero-order chi connectivity index (χ0) is 11.9. The first-order valence-electron chi connectivity index (χ1n) is 5.27. The Morgan fingerprint density at radius 1 is 1.53 bits per heavy atom. The first-order valence-corrected chi connectivity index (χ1v) is 7.00. The van der Waals surface area contributed by atoms with E-state index in [4.69, 9.17) is 5.73 Å². The third-order valence-corrected chi connectivity index (χ3v) is 3.05. The number of nitrogens with one attached hydrogen (secondary N) is 1. The Balaban J connectivity index is 3.78. The summed E-state index contributed by atoms with van der Waals surface area (Å²) in [6.07, 6.45) is 3.96. The molecule has 4 nitrogen and oxygen atoms in total. The van der Waals surface area contributed by atoms with Gasteiger partial charge < -0.3 is 11.1 Å². The first kappa shape index (κ1) is 14.6. The fourth-order valence-corrected chi connectivity index (χ4v) is 1.86. The van der Waals surface area contributed by atoms with Gasteiger partial charge in [0.25, 0.3) is 0 Å². The minimum Gasteiger partial charge on any atom is -0.354 e. The second kappa shape index (κ2) is 6.95. The average molecular weight is 234 g/mol. The van der Waals surface area contributed by atoms with Gasteiger partial charge in [0.1, 0.15) is 0 Å². The van der Waals surface area contributed by atoms with Crippen LogP contribution < -0.4 is 11.1 Å². The third-order valence-electron chi connectivity index (χ3n) is 2.18. The van der Waals surface area contributed by atoms with E-state index < -0.39 is 16.3 Å². The lowest BCUT2D eigenvalue weighted by Crippen LogP contribution is -2.51. The summed E-state index contributed by atoms with van der Waals surface area (Å²) in [5.41, 5.74) is 5.06. The zero-order valence-corrected chi connectivity index (χ0v) is 10.7. The van der Waals surface area contributed by atoms with Gasteiger partial charge in [-0.3, -0.25) is 9.00 Å². The Morgan fingerprint density at radius 3 is 2.60 bits per heavy atom. The molecule has 0 radical (unpaired) electrons. The number of hydrogen-bond acceptors (Lipinski definition) is 3. The normalized spacial score (nSPS) is 16.8. The van der Waals surface area contributed by atoms with Crippen LogP contribution in [0.4, 0.5) is 0 Å². The fourth-order valence-electron chi connectivity index (χ4n) is 1.31. The molecule has 0 aliphatic carbocycles. The number of hydrogen-bond donors (Lipinski definition) is 2. The van der Waals surface area contributed by atoms with Crippen molar-refractivity contribution in [3.05, 3.63) is 0 Å². The molecule has 15 heavy (non-hydrogen) atoms. The van der Waals surface area contributed by atoms with Gasteiger partial charge in [-0.2, -0.15) is 0 Å². The molecule has 5 heteroatoms. The maximum absolute atomic E-state index is 11.6. The summed E-state index contributed by atoms with van der Waals surface area (Å²) in [4.78, 5) is 11.6. The molecule has 2 atom stereocenters. The molecule has 3 N–H and O–H groups in total. The maximum Gasteiger partial charge on any atom is 0.239 e. The molecule has 0 aromatic carbocycles. The van der Waals surface area contributed by atoms with Crippen LogP contribution in [0.1, 0.15) is 33.1 Å². The number of carbonyl (C=O) groups is 1. The number of rotatable bonds is 7. The predicted octanol–water partition coefficient (Wildman–Crippen LogP) is 0.389. The van der Waals surface area contributed by atoms with E-state index in [1.165, 1.54) is 0 Å². The summed E-state index contributed by atoms with van der Waals surface area (Å²) in [6.45, 7) is 4.29. The monoisotopic (exact) mass is 234 g/mol. The molecule has 0 saturated carbocycles. The molecule has 1 amide bonds. The van der Waals surface area contributed by atoms with E-state index in [1.807, 2.05) is 6.92 Å². The van der Waals surface area contributed by atoms with E-state index in [9.17, 15) is 9.00 Å². The van der Waals surface area contributed by atoms with Gasteiger partial charge in [0, 0.05) is 29.4 Å². The largest absolute Gasteiger partial charge is 0.354 e. The Morgan fingerprint density at radius 2 is 2.13 bits per heavy atom. The van der Waals surface area contributed by atoms with Crippen LogP contribution in [0.15, 0.2) is 0 Å². The molecular formula is C10H22N2O2S. The maximum atomic E-state index is 11.6. The lowest BCUT2D eigenvalue weighted by molar-refractivity contribution is -0.126. The topological polar surface area (TPSA) is 72.2 Å². The van der Waals surface area contributed by atoms with Crippen molar-refractivity contribution in [1.82, 2.24) is 5.32 Å².